The summed E-state index contributed by atoms with van der Waals surface area (Å²) in [4.78, 5) is 0. The first-order chi connectivity index (χ1) is 11.5. The summed E-state index contributed by atoms with van der Waals surface area (Å²) < 4.78 is 0. The molecule has 0 unspecified atom stereocenters. The van der Waals surface area contributed by atoms with Crippen LogP contribution in [0.1, 0.15) is 36.5 Å². The first-order valence-corrected chi connectivity index (χ1v) is 8.12. The minimum Gasteiger partial charge on any atom is -0.508 e. The van der Waals surface area contributed by atoms with Crippen LogP contribution in [0.3, 0.4) is 0 Å². The van der Waals surface area contributed by atoms with Crippen LogP contribution in [-0.4, -0.2) is 10.2 Å². The summed E-state index contributed by atoms with van der Waals surface area (Å²) in [5.41, 5.74) is 3.35. The van der Waals surface area contributed by atoms with Gasteiger partial charge in [0.25, 0.3) is 0 Å². The fourth-order valence-electron chi connectivity index (χ4n) is 3.39. The van der Waals surface area contributed by atoms with Crippen LogP contribution in [0.15, 0.2) is 78.9 Å². The van der Waals surface area contributed by atoms with E-state index in [0.717, 1.165) is 11.1 Å². The van der Waals surface area contributed by atoms with Crippen molar-refractivity contribution in [1.29, 1.82) is 0 Å². The Bertz CT molecular complexity index is 742. The molecule has 0 aliphatic carbocycles. The maximum Gasteiger partial charge on any atom is 0.115 e. The molecule has 0 atom stereocenters. The lowest BCUT2D eigenvalue weighted by Gasteiger charge is -2.36. The highest BCUT2D eigenvalue weighted by atomic mass is 16.3. The molecular weight excluding hydrogens is 296 g/mol. The quantitative estimate of drug-likeness (QED) is 0.693. The molecular formula is C22H22O2. The number of aromatic hydroxyl groups is 2. The van der Waals surface area contributed by atoms with E-state index < -0.39 is 0 Å². The van der Waals surface area contributed by atoms with E-state index in [4.69, 9.17) is 0 Å². The molecule has 24 heavy (non-hydrogen) atoms. The fourth-order valence-corrected chi connectivity index (χ4v) is 3.39. The zero-order chi connectivity index (χ0) is 17.2. The monoisotopic (exact) mass is 318 g/mol. The molecule has 0 aliphatic rings. The Morgan fingerprint density at radius 3 is 1.46 bits per heavy atom. The Labute approximate surface area is 143 Å². The highest BCUT2D eigenvalue weighted by Crippen LogP contribution is 2.43. The summed E-state index contributed by atoms with van der Waals surface area (Å²) in [5.74, 6) is 0.627. The minimum absolute atomic E-state index is 0.0982. The molecule has 0 saturated heterocycles. The van der Waals surface area contributed by atoms with Gasteiger partial charge in [-0.05, 0) is 41.0 Å². The third-order valence-corrected chi connectivity index (χ3v) is 4.69. The van der Waals surface area contributed by atoms with Crippen LogP contribution in [0.4, 0.5) is 0 Å². The predicted octanol–water partition coefficient (Wildman–Crippen LogP) is 5.21. The predicted molar refractivity (Wildman–Crippen MR) is 97.5 cm³/mol. The van der Waals surface area contributed by atoms with Crippen molar-refractivity contribution >= 4 is 0 Å². The van der Waals surface area contributed by atoms with Crippen molar-refractivity contribution in [2.45, 2.75) is 25.2 Å². The van der Waals surface area contributed by atoms with Crippen LogP contribution in [0, 0.1) is 0 Å². The molecule has 2 N–H and O–H groups in total. The first-order valence-electron chi connectivity index (χ1n) is 8.12. The molecule has 2 nitrogen and oxygen atoms in total. The van der Waals surface area contributed by atoms with Gasteiger partial charge in [0.1, 0.15) is 11.5 Å². The number of hydrogen-bond donors (Lipinski definition) is 2. The number of hydrogen-bond acceptors (Lipinski definition) is 2. The largest absolute Gasteiger partial charge is 0.508 e. The second-order valence-corrected chi connectivity index (χ2v) is 6.70. The van der Waals surface area contributed by atoms with Gasteiger partial charge in [0.2, 0.25) is 0 Å². The van der Waals surface area contributed by atoms with Gasteiger partial charge in [-0.2, -0.15) is 0 Å². The van der Waals surface area contributed by atoms with Crippen molar-refractivity contribution < 1.29 is 10.2 Å². The summed E-state index contributed by atoms with van der Waals surface area (Å²) in [7, 11) is 0. The number of phenolic OH excluding ortho intramolecular Hbond substituents is 2. The maximum absolute atomic E-state index is 9.63. The molecule has 0 heterocycles. The van der Waals surface area contributed by atoms with Crippen LogP contribution in [0.25, 0.3) is 0 Å². The van der Waals surface area contributed by atoms with Crippen molar-refractivity contribution in [3.63, 3.8) is 0 Å². The van der Waals surface area contributed by atoms with E-state index in [2.05, 4.69) is 38.1 Å². The Balaban J connectivity index is 2.14. The van der Waals surface area contributed by atoms with E-state index >= 15 is 0 Å². The summed E-state index contributed by atoms with van der Waals surface area (Å²) in [6.45, 7) is 4.46. The van der Waals surface area contributed by atoms with Gasteiger partial charge in [0, 0.05) is 11.3 Å². The second-order valence-electron chi connectivity index (χ2n) is 6.70. The second kappa shape index (κ2) is 6.40. The Kier molecular flexibility index (Phi) is 4.30. The van der Waals surface area contributed by atoms with E-state index in [9.17, 15) is 10.2 Å². The van der Waals surface area contributed by atoms with Gasteiger partial charge in [0.15, 0.2) is 0 Å². The Morgan fingerprint density at radius 2 is 1.04 bits per heavy atom. The maximum atomic E-state index is 9.63. The molecule has 2 heteroatoms. The zero-order valence-corrected chi connectivity index (χ0v) is 14.0. The molecule has 3 aromatic carbocycles. The van der Waals surface area contributed by atoms with Gasteiger partial charge in [-0.15, -0.1) is 0 Å². The lowest BCUT2D eigenvalue weighted by Crippen LogP contribution is -2.28. The lowest BCUT2D eigenvalue weighted by molar-refractivity contribution is 0.452. The lowest BCUT2D eigenvalue weighted by atomic mass is 9.67. The van der Waals surface area contributed by atoms with Crippen molar-refractivity contribution in [2.24, 2.45) is 0 Å². The summed E-state index contributed by atoms with van der Waals surface area (Å²) in [6, 6.07) is 25.2. The zero-order valence-electron chi connectivity index (χ0n) is 14.0. The molecule has 0 aromatic heterocycles. The normalized spacial score (nSPS) is 11.6. The van der Waals surface area contributed by atoms with E-state index in [0.29, 0.717) is 0 Å². The van der Waals surface area contributed by atoms with Gasteiger partial charge in [-0.25, -0.2) is 0 Å². The average Bonchev–Trinajstić information content (AvgIpc) is 2.59. The van der Waals surface area contributed by atoms with Gasteiger partial charge in [-0.3, -0.25) is 0 Å². The summed E-state index contributed by atoms with van der Waals surface area (Å²) >= 11 is 0. The molecule has 0 saturated carbocycles. The van der Waals surface area contributed by atoms with Crippen LogP contribution < -0.4 is 0 Å². The average molecular weight is 318 g/mol. The van der Waals surface area contributed by atoms with E-state index in [-0.39, 0.29) is 22.8 Å². The molecule has 3 rings (SSSR count). The topological polar surface area (TPSA) is 40.5 Å². The summed E-state index contributed by atoms with van der Waals surface area (Å²) in [5, 5.41) is 19.3. The van der Waals surface area contributed by atoms with Crippen molar-refractivity contribution in [1.82, 2.24) is 0 Å². The van der Waals surface area contributed by atoms with Crippen molar-refractivity contribution in [3.8, 4) is 11.5 Å². The van der Waals surface area contributed by atoms with Crippen molar-refractivity contribution in [3.05, 3.63) is 95.6 Å². The standard InChI is InChI=1S/C22H22O2/c1-22(2,18-6-4-3-5-7-18)21(16-8-12-19(23)13-9-16)17-10-14-20(24)15-11-17/h3-15,21,23-24H,1-2H3. The molecule has 0 spiro atoms. The number of phenols is 2. The van der Waals surface area contributed by atoms with Gasteiger partial charge >= 0.3 is 0 Å². The van der Waals surface area contributed by atoms with E-state index in [1.54, 1.807) is 24.3 Å². The van der Waals surface area contributed by atoms with E-state index in [1.165, 1.54) is 5.56 Å². The smallest absolute Gasteiger partial charge is 0.115 e. The van der Waals surface area contributed by atoms with Crippen molar-refractivity contribution in [2.75, 3.05) is 0 Å². The third kappa shape index (κ3) is 3.13. The Morgan fingerprint density at radius 1 is 0.625 bits per heavy atom. The third-order valence-electron chi connectivity index (χ3n) is 4.69. The van der Waals surface area contributed by atoms with Gasteiger partial charge in [0.05, 0.1) is 0 Å². The van der Waals surface area contributed by atoms with E-state index in [1.807, 2.05) is 30.3 Å². The molecule has 0 aliphatic heterocycles. The van der Waals surface area contributed by atoms with Crippen LogP contribution in [0.2, 0.25) is 0 Å². The Hall–Kier alpha value is -2.74. The molecule has 0 bridgehead atoms. The van der Waals surface area contributed by atoms with Crippen LogP contribution in [-0.2, 0) is 5.41 Å². The van der Waals surface area contributed by atoms with Gasteiger partial charge < -0.3 is 10.2 Å². The molecule has 0 radical (unpaired) electrons. The number of benzene rings is 3. The molecule has 3 aromatic rings. The summed E-state index contributed by atoms with van der Waals surface area (Å²) in [6.07, 6.45) is 0. The molecule has 0 fully saturated rings. The highest BCUT2D eigenvalue weighted by Gasteiger charge is 2.33. The first kappa shape index (κ1) is 16.1. The minimum atomic E-state index is -0.158. The van der Waals surface area contributed by atoms with Gasteiger partial charge in [-0.1, -0.05) is 68.4 Å². The van der Waals surface area contributed by atoms with Crippen LogP contribution >= 0.6 is 0 Å². The fraction of sp³-hybridized carbons (Fsp3) is 0.182. The molecule has 0 amide bonds. The molecule has 122 valence electrons. The highest BCUT2D eigenvalue weighted by molar-refractivity contribution is 5.43. The SMILES string of the molecule is CC(C)(c1ccccc1)C(c1ccc(O)cc1)c1ccc(O)cc1. The number of rotatable bonds is 4. The van der Waals surface area contributed by atoms with Crippen LogP contribution in [0.5, 0.6) is 11.5 Å².